The highest BCUT2D eigenvalue weighted by Gasteiger charge is 2.28. The van der Waals surface area contributed by atoms with Gasteiger partial charge >= 0.3 is 5.97 Å². The summed E-state index contributed by atoms with van der Waals surface area (Å²) in [7, 11) is 1.38. The van der Waals surface area contributed by atoms with Gasteiger partial charge in [0.2, 0.25) is 0 Å². The van der Waals surface area contributed by atoms with Crippen LogP contribution in [0.1, 0.15) is 56.2 Å². The van der Waals surface area contributed by atoms with Crippen LogP contribution < -0.4 is 11.1 Å². The van der Waals surface area contributed by atoms with E-state index in [9.17, 15) is 9.59 Å². The summed E-state index contributed by atoms with van der Waals surface area (Å²) in [5.74, 6) is -0.765. The van der Waals surface area contributed by atoms with Crippen molar-refractivity contribution < 1.29 is 14.3 Å². The summed E-state index contributed by atoms with van der Waals surface area (Å²) in [6.45, 7) is 0. The van der Waals surface area contributed by atoms with Crippen LogP contribution in [0.4, 0.5) is 10.7 Å². The highest BCUT2D eigenvalue weighted by atomic mass is 32.1. The topological polar surface area (TPSA) is 94.3 Å². The van der Waals surface area contributed by atoms with Gasteiger partial charge in [0.15, 0.2) is 0 Å². The van der Waals surface area contributed by atoms with Crippen LogP contribution in [0.25, 0.3) is 32.6 Å². The lowest BCUT2D eigenvalue weighted by Crippen LogP contribution is -2.15. The number of thiophene rings is 2. The molecule has 6 nitrogen and oxygen atoms in total. The summed E-state index contributed by atoms with van der Waals surface area (Å²) in [6, 6.07) is 22.0. The first kappa shape index (κ1) is 26.2. The van der Waals surface area contributed by atoms with Crippen LogP contribution >= 0.6 is 22.7 Å². The van der Waals surface area contributed by atoms with E-state index in [1.807, 2.05) is 66.7 Å². The molecule has 5 aromatic rings. The number of carbonyl (C=O) groups is 2. The second kappa shape index (κ2) is 11.2. The second-order valence-electron chi connectivity index (χ2n) is 9.88. The molecule has 0 saturated heterocycles. The van der Waals surface area contributed by atoms with E-state index in [0.717, 1.165) is 70.3 Å². The molecule has 3 aromatic heterocycles. The minimum Gasteiger partial charge on any atom is -0.465 e. The van der Waals surface area contributed by atoms with Gasteiger partial charge < -0.3 is 15.8 Å². The van der Waals surface area contributed by atoms with Crippen molar-refractivity contribution in [2.75, 3.05) is 18.2 Å². The zero-order chi connectivity index (χ0) is 27.6. The number of methoxy groups -OCH3 is 1. The summed E-state index contributed by atoms with van der Waals surface area (Å²) in [5.41, 5.74) is 12.3. The number of rotatable bonds is 5. The van der Waals surface area contributed by atoms with E-state index in [1.165, 1.54) is 36.2 Å². The summed E-state index contributed by atoms with van der Waals surface area (Å²) in [5, 5.41) is 4.32. The number of nitrogens with one attached hydrogen (secondary N) is 1. The number of aryl methyl sites for hydroxylation is 1. The first-order valence-electron chi connectivity index (χ1n) is 13.4. The fourth-order valence-electron chi connectivity index (χ4n) is 5.38. The maximum atomic E-state index is 13.8. The first-order chi connectivity index (χ1) is 19.5. The number of hydrogen-bond donors (Lipinski definition) is 2. The van der Waals surface area contributed by atoms with Crippen molar-refractivity contribution in [3.05, 3.63) is 87.6 Å². The Balaban J connectivity index is 1.45. The van der Waals surface area contributed by atoms with E-state index >= 15 is 0 Å². The monoisotopic (exact) mass is 567 g/mol. The number of nitrogen functional groups attached to an aromatic ring is 1. The molecule has 40 heavy (non-hydrogen) atoms. The molecule has 0 spiro atoms. The highest BCUT2D eigenvalue weighted by Crippen LogP contribution is 2.43. The Hall–Kier alpha value is -4.01. The number of carbonyl (C=O) groups excluding carboxylic acids is 2. The third kappa shape index (κ3) is 4.89. The van der Waals surface area contributed by atoms with Crippen molar-refractivity contribution >= 4 is 55.5 Å². The van der Waals surface area contributed by atoms with Gasteiger partial charge in [-0.1, -0.05) is 73.5 Å². The van der Waals surface area contributed by atoms with E-state index in [4.69, 9.17) is 15.5 Å². The van der Waals surface area contributed by atoms with Gasteiger partial charge in [-0.2, -0.15) is 0 Å². The molecular weight excluding hydrogens is 539 g/mol. The molecule has 0 fully saturated rings. The molecule has 3 N–H and O–H groups in total. The maximum absolute atomic E-state index is 13.8. The summed E-state index contributed by atoms with van der Waals surface area (Å²) >= 11 is 2.75. The Morgan fingerprint density at radius 3 is 2.27 bits per heavy atom. The molecule has 8 heteroatoms. The lowest BCUT2D eigenvalue weighted by atomic mass is 9.96. The average molecular weight is 568 g/mol. The van der Waals surface area contributed by atoms with Crippen LogP contribution in [0, 0.1) is 0 Å². The number of amides is 1. The Kier molecular flexibility index (Phi) is 7.36. The SMILES string of the molecule is COC(=O)c1c(NC(=O)c2sc3nc(-c4ccccc4)cc(-c4ccccc4)c3c2N)sc2c1CCCCCC2. The fourth-order valence-corrected chi connectivity index (χ4v) is 7.66. The standard InChI is InChI=1S/C32H29N3O3S2/c1-38-32(37)26-21-16-10-2-3-11-17-24(21)39-31(26)35-29(36)28-27(33)25-22(19-12-6-4-7-13-19)18-23(34-30(25)40-28)20-14-8-5-9-15-20/h4-9,12-15,18H,2-3,10-11,16-17,33H2,1H3,(H,35,36). The van der Waals surface area contributed by atoms with Crippen molar-refractivity contribution in [1.29, 1.82) is 0 Å². The minimum absolute atomic E-state index is 0.347. The smallest absolute Gasteiger partial charge is 0.341 e. The van der Waals surface area contributed by atoms with Crippen molar-refractivity contribution in [3.8, 4) is 22.4 Å². The Morgan fingerprint density at radius 1 is 0.900 bits per heavy atom. The summed E-state index contributed by atoms with van der Waals surface area (Å²) in [4.78, 5) is 33.8. The predicted octanol–water partition coefficient (Wildman–Crippen LogP) is 7.97. The first-order valence-corrected chi connectivity index (χ1v) is 15.1. The number of nitrogens with two attached hydrogens (primary N) is 1. The largest absolute Gasteiger partial charge is 0.465 e. The third-order valence-corrected chi connectivity index (χ3v) is 9.65. The van der Waals surface area contributed by atoms with Crippen LogP contribution in [0.3, 0.4) is 0 Å². The van der Waals surface area contributed by atoms with Gasteiger partial charge in [-0.15, -0.1) is 22.7 Å². The molecule has 2 aromatic carbocycles. The molecule has 0 unspecified atom stereocenters. The molecule has 0 atom stereocenters. The van der Waals surface area contributed by atoms with E-state index < -0.39 is 5.97 Å². The molecule has 1 aliphatic carbocycles. The molecule has 202 valence electrons. The number of hydrogen-bond acceptors (Lipinski definition) is 7. The number of fused-ring (bicyclic) bond motifs is 2. The van der Waals surface area contributed by atoms with E-state index in [0.29, 0.717) is 26.0 Å². The molecule has 0 bridgehead atoms. The number of anilines is 2. The Morgan fingerprint density at radius 2 is 1.57 bits per heavy atom. The van der Waals surface area contributed by atoms with Crippen LogP contribution in [0.15, 0.2) is 66.7 Å². The number of ether oxygens (including phenoxy) is 1. The Labute approximate surface area is 240 Å². The third-order valence-electron chi connectivity index (χ3n) is 7.35. The fraction of sp³-hybridized carbons (Fsp3) is 0.219. The van der Waals surface area contributed by atoms with Crippen molar-refractivity contribution in [2.24, 2.45) is 0 Å². The molecule has 0 saturated carbocycles. The number of esters is 1. The van der Waals surface area contributed by atoms with Gasteiger partial charge in [0.25, 0.3) is 5.91 Å². The van der Waals surface area contributed by atoms with Gasteiger partial charge in [0, 0.05) is 15.8 Å². The van der Waals surface area contributed by atoms with Crippen LogP contribution in [0.2, 0.25) is 0 Å². The Bertz CT molecular complexity index is 1710. The van der Waals surface area contributed by atoms with Gasteiger partial charge in [0.05, 0.1) is 24.1 Å². The average Bonchev–Trinajstić information content (AvgIpc) is 3.49. The maximum Gasteiger partial charge on any atom is 0.341 e. The zero-order valence-electron chi connectivity index (χ0n) is 22.2. The van der Waals surface area contributed by atoms with E-state index in [-0.39, 0.29) is 5.91 Å². The molecule has 3 heterocycles. The molecule has 1 aliphatic rings. The van der Waals surface area contributed by atoms with Crippen molar-refractivity contribution in [1.82, 2.24) is 4.98 Å². The molecular formula is C32H29N3O3S2. The molecule has 1 amide bonds. The summed E-state index contributed by atoms with van der Waals surface area (Å²) < 4.78 is 5.14. The number of pyridine rings is 1. The number of nitrogens with zero attached hydrogens (tertiary/aromatic N) is 1. The molecule has 0 radical (unpaired) electrons. The quantitative estimate of drug-likeness (QED) is 0.210. The highest BCUT2D eigenvalue weighted by molar-refractivity contribution is 7.21. The predicted molar refractivity (Wildman–Crippen MR) is 164 cm³/mol. The minimum atomic E-state index is -0.418. The van der Waals surface area contributed by atoms with Gasteiger partial charge in [-0.3, -0.25) is 4.79 Å². The van der Waals surface area contributed by atoms with Crippen molar-refractivity contribution in [2.45, 2.75) is 38.5 Å². The van der Waals surface area contributed by atoms with Gasteiger partial charge in [-0.05, 0) is 48.4 Å². The lowest BCUT2D eigenvalue weighted by molar-refractivity contribution is 0.0601. The normalized spacial score (nSPS) is 13.3. The van der Waals surface area contributed by atoms with Gasteiger partial charge in [0.1, 0.15) is 14.7 Å². The molecule has 6 rings (SSSR count). The van der Waals surface area contributed by atoms with Crippen LogP contribution in [-0.2, 0) is 17.6 Å². The zero-order valence-corrected chi connectivity index (χ0v) is 23.8. The lowest BCUT2D eigenvalue weighted by Gasteiger charge is -2.11. The molecule has 0 aliphatic heterocycles. The van der Waals surface area contributed by atoms with E-state index in [2.05, 4.69) is 5.32 Å². The van der Waals surface area contributed by atoms with Crippen LogP contribution in [0.5, 0.6) is 0 Å². The van der Waals surface area contributed by atoms with E-state index in [1.54, 1.807) is 0 Å². The second-order valence-corrected chi connectivity index (χ2v) is 12.0. The number of aromatic nitrogens is 1. The summed E-state index contributed by atoms with van der Waals surface area (Å²) in [6.07, 6.45) is 6.11. The van der Waals surface area contributed by atoms with Crippen molar-refractivity contribution in [3.63, 3.8) is 0 Å². The van der Waals surface area contributed by atoms with Gasteiger partial charge in [-0.25, -0.2) is 9.78 Å². The van der Waals surface area contributed by atoms with Crippen LogP contribution in [-0.4, -0.2) is 24.0 Å². The number of benzene rings is 2.